The molecule has 1 aliphatic rings. The second-order valence-corrected chi connectivity index (χ2v) is 13.2. The molecular formula is C28H33ClF3N7O5S. The highest BCUT2D eigenvalue weighted by molar-refractivity contribution is 7.84. The Balaban J connectivity index is 1.76. The van der Waals surface area contributed by atoms with E-state index < -0.39 is 52.1 Å². The zero-order chi connectivity index (χ0) is 33.4. The first-order chi connectivity index (χ1) is 20.9. The molecule has 45 heavy (non-hydrogen) atoms. The number of fused-ring (bicyclic) bond motifs is 1. The van der Waals surface area contributed by atoms with Crippen molar-refractivity contribution >= 4 is 56.9 Å². The Morgan fingerprint density at radius 2 is 1.87 bits per heavy atom. The van der Waals surface area contributed by atoms with Gasteiger partial charge in [-0.2, -0.15) is 13.2 Å². The largest absolute Gasteiger partial charge is 0.444 e. The van der Waals surface area contributed by atoms with Gasteiger partial charge in [0.15, 0.2) is 11.2 Å². The fourth-order valence-corrected chi connectivity index (χ4v) is 5.60. The first-order valence-electron chi connectivity index (χ1n) is 14.0. The van der Waals surface area contributed by atoms with Crippen LogP contribution in [0.3, 0.4) is 0 Å². The number of benzene rings is 1. The zero-order valence-electron chi connectivity index (χ0n) is 25.5. The number of ether oxygens (including phenoxy) is 1. The maximum absolute atomic E-state index is 14.0. The van der Waals surface area contributed by atoms with Gasteiger partial charge in [-0.1, -0.05) is 18.5 Å². The lowest BCUT2D eigenvalue weighted by atomic mass is 10.1. The minimum atomic E-state index is -4.62. The molecule has 2 aromatic heterocycles. The summed E-state index contributed by atoms with van der Waals surface area (Å²) in [4.78, 5) is 47.7. The number of nitrogens with zero attached hydrogens (tertiary/aromatic N) is 6. The molecule has 1 saturated heterocycles. The number of pyridine rings is 1. The first-order valence-corrected chi connectivity index (χ1v) is 15.9. The highest BCUT2D eigenvalue weighted by atomic mass is 35.5. The molecule has 1 aromatic carbocycles. The van der Waals surface area contributed by atoms with Crippen LogP contribution in [0.1, 0.15) is 45.9 Å². The summed E-state index contributed by atoms with van der Waals surface area (Å²) in [5, 5.41) is 10.0. The number of halogens is 4. The second-order valence-electron chi connectivity index (χ2n) is 11.5. The van der Waals surface area contributed by atoms with E-state index in [0.717, 1.165) is 12.1 Å². The number of aromatic nitrogens is 4. The fourth-order valence-electron chi connectivity index (χ4n) is 4.99. The van der Waals surface area contributed by atoms with Gasteiger partial charge in [-0.15, -0.1) is 10.2 Å². The van der Waals surface area contributed by atoms with Gasteiger partial charge in [0.05, 0.1) is 27.1 Å². The molecule has 3 aromatic rings. The predicted molar refractivity (Wildman–Crippen MR) is 163 cm³/mol. The lowest BCUT2D eigenvalue weighted by Gasteiger charge is -2.42. The summed E-state index contributed by atoms with van der Waals surface area (Å²) >= 11 is 6.05. The standard InChI is InChI=1S/C28H33ClF3N7O5S/c1-7-19-22(38-11-10-37(13-15(38)2)26(42)44-27(3,4)5)23(41)21-24(35-36-25(34-21)45(6)43)39(19)14-20(40)33-18-9-8-16(12-17(18)29)28(30,31)32/h8-9,12,15H,7,10-11,13-14H2,1-6H3,(H,33,40)/t15-,45?/m0/s1. The van der Waals surface area contributed by atoms with Crippen LogP contribution in [0.5, 0.6) is 0 Å². The van der Waals surface area contributed by atoms with E-state index in [2.05, 4.69) is 20.5 Å². The van der Waals surface area contributed by atoms with Gasteiger partial charge in [0.2, 0.25) is 16.5 Å². The molecule has 1 N–H and O–H groups in total. The number of carbonyl (C=O) groups excluding carboxylic acids is 2. The van der Waals surface area contributed by atoms with Gasteiger partial charge in [-0.05, 0) is 52.3 Å². The number of piperazine rings is 1. The molecule has 1 fully saturated rings. The molecule has 1 aliphatic heterocycles. The van der Waals surface area contributed by atoms with E-state index in [9.17, 15) is 31.8 Å². The lowest BCUT2D eigenvalue weighted by molar-refractivity contribution is -0.137. The van der Waals surface area contributed by atoms with Gasteiger partial charge in [-0.25, -0.2) is 9.78 Å². The fraction of sp³-hybridized carbons (Fsp3) is 0.500. The minimum Gasteiger partial charge on any atom is -0.444 e. The maximum Gasteiger partial charge on any atom is 0.416 e. The molecule has 3 heterocycles. The highest BCUT2D eigenvalue weighted by Crippen LogP contribution is 2.34. The second kappa shape index (κ2) is 12.9. The summed E-state index contributed by atoms with van der Waals surface area (Å²) in [7, 11) is -1.67. The first kappa shape index (κ1) is 34.1. The van der Waals surface area contributed by atoms with Crippen molar-refractivity contribution in [1.82, 2.24) is 24.6 Å². The van der Waals surface area contributed by atoms with Crippen LogP contribution in [0.2, 0.25) is 5.02 Å². The smallest absolute Gasteiger partial charge is 0.416 e. The van der Waals surface area contributed by atoms with Crippen LogP contribution in [0.15, 0.2) is 28.2 Å². The van der Waals surface area contributed by atoms with Crippen LogP contribution in [-0.4, -0.2) is 78.4 Å². The number of carbonyl (C=O) groups is 2. The summed E-state index contributed by atoms with van der Waals surface area (Å²) in [5.41, 5.74) is -1.76. The van der Waals surface area contributed by atoms with Crippen LogP contribution < -0.4 is 15.6 Å². The average molecular weight is 672 g/mol. The van der Waals surface area contributed by atoms with Crippen LogP contribution >= 0.6 is 11.6 Å². The third-order valence-corrected chi connectivity index (χ3v) is 7.96. The molecule has 0 aliphatic carbocycles. The molecule has 2 amide bonds. The summed E-state index contributed by atoms with van der Waals surface area (Å²) < 4.78 is 58.4. The number of anilines is 2. The van der Waals surface area contributed by atoms with Crippen molar-refractivity contribution in [1.29, 1.82) is 0 Å². The maximum atomic E-state index is 14.0. The van der Waals surface area contributed by atoms with E-state index in [-0.39, 0.29) is 64.8 Å². The Morgan fingerprint density at radius 1 is 1.18 bits per heavy atom. The summed E-state index contributed by atoms with van der Waals surface area (Å²) in [6, 6.07) is 2.20. The third kappa shape index (κ3) is 7.54. The van der Waals surface area contributed by atoms with Crippen molar-refractivity contribution in [3.63, 3.8) is 0 Å². The van der Waals surface area contributed by atoms with Gasteiger partial charge in [0.1, 0.15) is 17.8 Å². The Hall–Kier alpha value is -3.79. The number of amides is 2. The van der Waals surface area contributed by atoms with Crippen molar-refractivity contribution in [3.05, 3.63) is 44.7 Å². The normalized spacial score (nSPS) is 16.5. The van der Waals surface area contributed by atoms with Crippen molar-refractivity contribution in [2.24, 2.45) is 0 Å². The lowest BCUT2D eigenvalue weighted by Crippen LogP contribution is -2.56. The summed E-state index contributed by atoms with van der Waals surface area (Å²) in [5.74, 6) is -0.671. The van der Waals surface area contributed by atoms with Crippen molar-refractivity contribution < 1.29 is 31.7 Å². The zero-order valence-corrected chi connectivity index (χ0v) is 27.1. The van der Waals surface area contributed by atoms with Gasteiger partial charge in [-0.3, -0.25) is 13.8 Å². The van der Waals surface area contributed by atoms with Gasteiger partial charge >= 0.3 is 12.3 Å². The molecule has 17 heteroatoms. The van der Waals surface area contributed by atoms with Gasteiger partial charge < -0.3 is 24.4 Å². The van der Waals surface area contributed by atoms with E-state index in [1.54, 1.807) is 32.6 Å². The predicted octanol–water partition coefficient (Wildman–Crippen LogP) is 4.24. The van der Waals surface area contributed by atoms with Crippen molar-refractivity contribution in [2.75, 3.05) is 36.1 Å². The van der Waals surface area contributed by atoms with Crippen LogP contribution in [0.4, 0.5) is 29.3 Å². The van der Waals surface area contributed by atoms with Gasteiger partial charge in [0, 0.05) is 37.6 Å². The Labute approximate surface area is 264 Å². The number of hydrogen-bond acceptors (Lipinski definition) is 9. The molecule has 1 unspecified atom stereocenters. The molecule has 0 spiro atoms. The Kier molecular flexibility index (Phi) is 9.78. The summed E-state index contributed by atoms with van der Waals surface area (Å²) in [6.45, 7) is 9.25. The highest BCUT2D eigenvalue weighted by Gasteiger charge is 2.34. The topological polar surface area (TPSA) is 140 Å². The molecule has 244 valence electrons. The van der Waals surface area contributed by atoms with E-state index in [4.69, 9.17) is 16.3 Å². The average Bonchev–Trinajstić information content (AvgIpc) is 2.93. The molecular weight excluding hydrogens is 639 g/mol. The van der Waals surface area contributed by atoms with Crippen LogP contribution in [-0.2, 0) is 39.5 Å². The third-order valence-electron chi connectivity index (χ3n) is 6.97. The molecule has 0 saturated carbocycles. The van der Waals surface area contributed by atoms with Crippen LogP contribution in [0.25, 0.3) is 11.2 Å². The van der Waals surface area contributed by atoms with E-state index >= 15 is 0 Å². The molecule has 12 nitrogen and oxygen atoms in total. The van der Waals surface area contributed by atoms with E-state index in [0.29, 0.717) is 11.8 Å². The molecule has 0 bridgehead atoms. The monoisotopic (exact) mass is 671 g/mol. The number of hydrogen-bond donors (Lipinski definition) is 1. The number of alkyl halides is 3. The van der Waals surface area contributed by atoms with Crippen molar-refractivity contribution in [2.45, 2.75) is 70.6 Å². The Morgan fingerprint density at radius 3 is 2.42 bits per heavy atom. The number of rotatable bonds is 6. The van der Waals surface area contributed by atoms with E-state index in [1.807, 2.05) is 11.8 Å². The minimum absolute atomic E-state index is 0.0384. The van der Waals surface area contributed by atoms with E-state index in [1.165, 1.54) is 10.8 Å². The SMILES string of the molecule is CCc1c(N2CCN(C(=O)OC(C)(C)C)C[C@@H]2C)c(=O)c2nc(S(C)=O)nnc2n1CC(=O)Nc1ccc(C(F)(F)F)cc1Cl. The van der Waals surface area contributed by atoms with Crippen molar-refractivity contribution in [3.8, 4) is 0 Å². The molecule has 2 atom stereocenters. The summed E-state index contributed by atoms with van der Waals surface area (Å²) in [6.07, 6.45) is -3.50. The molecule has 4 rings (SSSR count). The Bertz CT molecular complexity index is 1730. The molecule has 0 radical (unpaired) electrons. The number of nitrogens with one attached hydrogen (secondary N) is 1. The quantitative estimate of drug-likeness (QED) is 0.408. The van der Waals surface area contributed by atoms with Gasteiger partial charge in [0.25, 0.3) is 0 Å². The van der Waals surface area contributed by atoms with Crippen LogP contribution in [0, 0.1) is 0 Å².